The van der Waals surface area contributed by atoms with Gasteiger partial charge in [0.05, 0.1) is 18.8 Å². The van der Waals surface area contributed by atoms with Crippen LogP contribution in [0.2, 0.25) is 0 Å². The number of carbonyl (C=O) groups excluding carboxylic acids is 1. The van der Waals surface area contributed by atoms with Crippen molar-refractivity contribution in [3.8, 4) is 22.9 Å². The summed E-state index contributed by atoms with van der Waals surface area (Å²) in [6, 6.07) is 18.8. The Labute approximate surface area is 176 Å². The van der Waals surface area contributed by atoms with Gasteiger partial charge in [-0.15, -0.1) is 10.2 Å². The zero-order chi connectivity index (χ0) is 21.2. The first-order valence-corrected chi connectivity index (χ1v) is 10.0. The third-order valence-electron chi connectivity index (χ3n) is 4.39. The van der Waals surface area contributed by atoms with E-state index in [1.807, 2.05) is 61.5 Å². The molecule has 7 heteroatoms. The second-order valence-corrected chi connectivity index (χ2v) is 6.45. The van der Waals surface area contributed by atoms with Crippen molar-refractivity contribution in [1.29, 1.82) is 0 Å². The summed E-state index contributed by atoms with van der Waals surface area (Å²) in [7, 11) is 0. The molecular weight excluding hydrogens is 380 g/mol. The molecule has 1 heterocycles. The second kappa shape index (κ2) is 10.8. The van der Waals surface area contributed by atoms with E-state index >= 15 is 0 Å². The van der Waals surface area contributed by atoms with Crippen LogP contribution >= 0.6 is 0 Å². The molecule has 0 radical (unpaired) electrons. The molecule has 0 unspecified atom stereocenters. The van der Waals surface area contributed by atoms with Gasteiger partial charge in [-0.1, -0.05) is 25.1 Å². The van der Waals surface area contributed by atoms with Crippen LogP contribution in [-0.4, -0.2) is 36.0 Å². The van der Waals surface area contributed by atoms with Gasteiger partial charge in [0.25, 0.3) is 0 Å². The number of rotatable bonds is 9. The van der Waals surface area contributed by atoms with E-state index in [9.17, 15) is 4.79 Å². The topological polar surface area (TPSA) is 85.4 Å². The van der Waals surface area contributed by atoms with Crippen molar-refractivity contribution in [2.45, 2.75) is 20.3 Å². The van der Waals surface area contributed by atoms with Gasteiger partial charge in [0.1, 0.15) is 12.4 Å². The molecule has 156 valence electrons. The smallest absolute Gasteiger partial charge is 0.319 e. The van der Waals surface area contributed by atoms with E-state index in [0.29, 0.717) is 25.6 Å². The van der Waals surface area contributed by atoms with Crippen LogP contribution in [0.4, 0.5) is 10.5 Å². The molecule has 0 aliphatic heterocycles. The molecule has 3 rings (SSSR count). The van der Waals surface area contributed by atoms with Gasteiger partial charge in [-0.25, -0.2) is 4.79 Å². The highest BCUT2D eigenvalue weighted by atomic mass is 16.5. The molecule has 0 spiro atoms. The van der Waals surface area contributed by atoms with Crippen LogP contribution in [0.25, 0.3) is 11.3 Å². The number of ether oxygens (including phenoxy) is 2. The Morgan fingerprint density at radius 1 is 0.933 bits per heavy atom. The number of anilines is 1. The number of hydrogen-bond acceptors (Lipinski definition) is 5. The molecule has 30 heavy (non-hydrogen) atoms. The van der Waals surface area contributed by atoms with Gasteiger partial charge >= 0.3 is 6.03 Å². The summed E-state index contributed by atoms with van der Waals surface area (Å²) in [5, 5.41) is 13.9. The summed E-state index contributed by atoms with van der Waals surface area (Å²) in [6.45, 7) is 5.27. The summed E-state index contributed by atoms with van der Waals surface area (Å²) in [5.41, 5.74) is 3.60. The van der Waals surface area contributed by atoms with Crippen molar-refractivity contribution in [3.63, 3.8) is 0 Å². The number of benzene rings is 2. The highest BCUT2D eigenvalue weighted by Crippen LogP contribution is 2.21. The van der Waals surface area contributed by atoms with Crippen molar-refractivity contribution in [1.82, 2.24) is 15.5 Å². The zero-order valence-corrected chi connectivity index (χ0v) is 17.2. The second-order valence-electron chi connectivity index (χ2n) is 6.45. The number of para-hydroxylation sites is 1. The Morgan fingerprint density at radius 3 is 2.43 bits per heavy atom. The van der Waals surface area contributed by atoms with E-state index in [2.05, 4.69) is 27.8 Å². The lowest BCUT2D eigenvalue weighted by molar-refractivity contribution is 0.246. The molecule has 1 aromatic heterocycles. The van der Waals surface area contributed by atoms with Crippen molar-refractivity contribution in [2.24, 2.45) is 0 Å². The maximum Gasteiger partial charge on any atom is 0.319 e. The quantitative estimate of drug-likeness (QED) is 0.518. The summed E-state index contributed by atoms with van der Waals surface area (Å²) in [5.74, 6) is 1.23. The molecule has 7 nitrogen and oxygen atoms in total. The van der Waals surface area contributed by atoms with Crippen molar-refractivity contribution in [3.05, 3.63) is 66.2 Å². The molecule has 0 aliphatic carbocycles. The summed E-state index contributed by atoms with van der Waals surface area (Å²) in [4.78, 5) is 12.0. The minimum absolute atomic E-state index is 0.267. The molecular formula is C23H26N4O3. The van der Waals surface area contributed by atoms with E-state index in [1.54, 1.807) is 6.07 Å². The fourth-order valence-corrected chi connectivity index (χ4v) is 2.88. The maximum absolute atomic E-state index is 12.0. The third kappa shape index (κ3) is 5.94. The lowest BCUT2D eigenvalue weighted by Gasteiger charge is -2.11. The average Bonchev–Trinajstić information content (AvgIpc) is 2.78. The number of nitrogens with zero attached hydrogens (tertiary/aromatic N) is 2. The van der Waals surface area contributed by atoms with Crippen LogP contribution in [0.1, 0.15) is 19.4 Å². The molecule has 2 amide bonds. The molecule has 0 bridgehead atoms. The van der Waals surface area contributed by atoms with Crippen LogP contribution < -0.4 is 20.1 Å². The van der Waals surface area contributed by atoms with Gasteiger partial charge in [-0.2, -0.15) is 0 Å². The lowest BCUT2D eigenvalue weighted by Crippen LogP contribution is -2.32. The van der Waals surface area contributed by atoms with Crippen LogP contribution in [0.5, 0.6) is 11.6 Å². The predicted molar refractivity (Wildman–Crippen MR) is 117 cm³/mol. The highest BCUT2D eigenvalue weighted by molar-refractivity contribution is 5.90. The number of nitrogens with one attached hydrogen (secondary N) is 2. The number of amides is 2. The van der Waals surface area contributed by atoms with E-state index < -0.39 is 0 Å². The van der Waals surface area contributed by atoms with Crippen LogP contribution in [0.3, 0.4) is 0 Å². The van der Waals surface area contributed by atoms with Crippen LogP contribution in [0.15, 0.2) is 60.7 Å². The van der Waals surface area contributed by atoms with Crippen molar-refractivity contribution >= 4 is 11.7 Å². The predicted octanol–water partition coefficient (Wildman–Crippen LogP) is 4.31. The van der Waals surface area contributed by atoms with Gasteiger partial charge in [-0.05, 0) is 55.3 Å². The highest BCUT2D eigenvalue weighted by Gasteiger charge is 2.06. The van der Waals surface area contributed by atoms with Gasteiger partial charge < -0.3 is 20.1 Å². The van der Waals surface area contributed by atoms with E-state index in [0.717, 1.165) is 34.7 Å². The molecule has 2 N–H and O–H groups in total. The molecule has 0 saturated carbocycles. The first-order valence-electron chi connectivity index (χ1n) is 10.0. The van der Waals surface area contributed by atoms with Crippen molar-refractivity contribution < 1.29 is 14.3 Å². The maximum atomic E-state index is 12.0. The lowest BCUT2D eigenvalue weighted by atomic mass is 10.1. The molecule has 0 atom stereocenters. The Balaban J connectivity index is 1.43. The molecule has 0 saturated heterocycles. The summed E-state index contributed by atoms with van der Waals surface area (Å²) in [6.07, 6.45) is 0.852. The summed E-state index contributed by atoms with van der Waals surface area (Å²) >= 11 is 0. The van der Waals surface area contributed by atoms with E-state index in [-0.39, 0.29) is 6.03 Å². The fraction of sp³-hybridized carbons (Fsp3) is 0.261. The first kappa shape index (κ1) is 21.1. The Kier molecular flexibility index (Phi) is 7.60. The number of carbonyl (C=O) groups is 1. The van der Waals surface area contributed by atoms with E-state index in [4.69, 9.17) is 9.47 Å². The number of urea groups is 1. The SMILES string of the molecule is CCOc1ccc(-c2ccc(OCCNC(=O)Nc3ccccc3CC)nn2)cc1. The Bertz CT molecular complexity index is 943. The molecule has 2 aromatic carbocycles. The zero-order valence-electron chi connectivity index (χ0n) is 17.2. The van der Waals surface area contributed by atoms with Gasteiger partial charge in [-0.3, -0.25) is 0 Å². The van der Waals surface area contributed by atoms with Gasteiger partial charge in [0.2, 0.25) is 5.88 Å². The average molecular weight is 406 g/mol. The van der Waals surface area contributed by atoms with Crippen LogP contribution in [-0.2, 0) is 6.42 Å². The minimum Gasteiger partial charge on any atom is -0.494 e. The minimum atomic E-state index is -0.267. The van der Waals surface area contributed by atoms with E-state index in [1.165, 1.54) is 0 Å². The molecule has 0 fully saturated rings. The number of aryl methyl sites for hydroxylation is 1. The standard InChI is InChI=1S/C23H26N4O3/c1-3-17-7-5-6-8-20(17)25-23(28)24-15-16-30-22-14-13-21(26-27-22)18-9-11-19(12-10-18)29-4-2/h5-14H,3-4,15-16H2,1-2H3,(H2,24,25,28). The van der Waals surface area contributed by atoms with Crippen molar-refractivity contribution in [2.75, 3.05) is 25.1 Å². The first-order chi connectivity index (χ1) is 14.7. The largest absolute Gasteiger partial charge is 0.494 e. The third-order valence-corrected chi connectivity index (χ3v) is 4.39. The Hall–Kier alpha value is -3.61. The van der Waals surface area contributed by atoms with Gasteiger partial charge in [0, 0.05) is 17.3 Å². The summed E-state index contributed by atoms with van der Waals surface area (Å²) < 4.78 is 11.0. The Morgan fingerprint density at radius 2 is 1.73 bits per heavy atom. The number of hydrogen-bond donors (Lipinski definition) is 2. The fourth-order valence-electron chi connectivity index (χ4n) is 2.88. The normalized spacial score (nSPS) is 10.3. The molecule has 0 aliphatic rings. The number of aromatic nitrogens is 2. The van der Waals surface area contributed by atoms with Crippen LogP contribution in [0, 0.1) is 0 Å². The van der Waals surface area contributed by atoms with Gasteiger partial charge in [0.15, 0.2) is 0 Å². The monoisotopic (exact) mass is 406 g/mol. The molecule has 3 aromatic rings.